The number of halogens is 4. The molecule has 1 aromatic rings. The van der Waals surface area contributed by atoms with Gasteiger partial charge in [-0.1, -0.05) is 0 Å². The average molecular weight is 312 g/mol. The van der Waals surface area contributed by atoms with E-state index in [1.54, 1.807) is 0 Å². The molecule has 112 valence electrons. The lowest BCUT2D eigenvalue weighted by Gasteiger charge is -2.23. The molecule has 0 radical (unpaired) electrons. The molecule has 2 N–H and O–H groups in total. The van der Waals surface area contributed by atoms with E-state index in [2.05, 4.69) is 5.32 Å². The third kappa shape index (κ3) is 2.94. The summed E-state index contributed by atoms with van der Waals surface area (Å²) in [4.78, 5) is -1.62. The molecule has 1 fully saturated rings. The summed E-state index contributed by atoms with van der Waals surface area (Å²) in [6.45, 7) is 0.982. The van der Waals surface area contributed by atoms with Crippen LogP contribution in [0.15, 0.2) is 11.0 Å². The van der Waals surface area contributed by atoms with Crippen molar-refractivity contribution in [3.8, 4) is 0 Å². The van der Waals surface area contributed by atoms with Gasteiger partial charge in [-0.05, 0) is 19.4 Å². The molecule has 0 bridgehead atoms. The molecule has 4 nitrogen and oxygen atoms in total. The maximum Gasteiger partial charge on any atom is 0.246 e. The molecule has 1 aliphatic rings. The predicted molar refractivity (Wildman–Crippen MR) is 62.5 cm³/mol. The number of hydrogen-bond acceptors (Lipinski definition) is 3. The number of sulfonamides is 1. The SMILES string of the molecule is O=S(=O)(N[C@H]1CCCNC1)c1c(F)c(F)cc(F)c1F. The van der Waals surface area contributed by atoms with Gasteiger partial charge in [-0.15, -0.1) is 0 Å². The quantitative estimate of drug-likeness (QED) is 0.653. The first kappa shape index (κ1) is 15.2. The summed E-state index contributed by atoms with van der Waals surface area (Å²) in [5.41, 5.74) is 0. The van der Waals surface area contributed by atoms with Crippen molar-refractivity contribution in [3.63, 3.8) is 0 Å². The van der Waals surface area contributed by atoms with Crippen molar-refractivity contribution in [1.29, 1.82) is 0 Å². The van der Waals surface area contributed by atoms with E-state index in [9.17, 15) is 26.0 Å². The lowest BCUT2D eigenvalue weighted by atomic mass is 10.1. The van der Waals surface area contributed by atoms with Gasteiger partial charge in [0.15, 0.2) is 28.2 Å². The van der Waals surface area contributed by atoms with Crippen LogP contribution in [0.25, 0.3) is 0 Å². The monoisotopic (exact) mass is 312 g/mol. The van der Waals surface area contributed by atoms with E-state index in [1.807, 2.05) is 4.72 Å². The first-order chi connectivity index (χ1) is 9.33. The minimum absolute atomic E-state index is 0.0359. The van der Waals surface area contributed by atoms with Crippen LogP contribution < -0.4 is 10.0 Å². The second kappa shape index (κ2) is 5.66. The maximum absolute atomic E-state index is 13.5. The van der Waals surface area contributed by atoms with Crippen LogP contribution in [0, 0.1) is 23.3 Å². The molecular weight excluding hydrogens is 300 g/mol. The molecule has 9 heteroatoms. The zero-order valence-electron chi connectivity index (χ0n) is 10.2. The van der Waals surface area contributed by atoms with Crippen molar-refractivity contribution in [1.82, 2.24) is 10.0 Å². The molecule has 0 aliphatic carbocycles. The zero-order chi connectivity index (χ0) is 14.9. The third-order valence-corrected chi connectivity index (χ3v) is 4.50. The van der Waals surface area contributed by atoms with Crippen LogP contribution >= 0.6 is 0 Å². The van der Waals surface area contributed by atoms with Crippen LogP contribution in [0.4, 0.5) is 17.6 Å². The van der Waals surface area contributed by atoms with Crippen LogP contribution in [0.2, 0.25) is 0 Å². The molecule has 1 aliphatic heterocycles. The number of hydrogen-bond donors (Lipinski definition) is 2. The fourth-order valence-electron chi connectivity index (χ4n) is 2.02. The molecular formula is C11H12F4N2O2S. The van der Waals surface area contributed by atoms with Crippen molar-refractivity contribution in [3.05, 3.63) is 29.3 Å². The van der Waals surface area contributed by atoms with E-state index in [4.69, 9.17) is 0 Å². The molecule has 0 unspecified atom stereocenters. The lowest BCUT2D eigenvalue weighted by molar-refractivity contribution is 0.407. The minimum atomic E-state index is -4.69. The van der Waals surface area contributed by atoms with Gasteiger partial charge < -0.3 is 5.32 Å². The Morgan fingerprint density at radius 3 is 2.25 bits per heavy atom. The summed E-state index contributed by atoms with van der Waals surface area (Å²) < 4.78 is 78.9. The molecule has 0 amide bonds. The summed E-state index contributed by atoms with van der Waals surface area (Å²) in [7, 11) is -4.69. The van der Waals surface area contributed by atoms with Crippen LogP contribution in [-0.4, -0.2) is 27.5 Å². The van der Waals surface area contributed by atoms with Gasteiger partial charge in [0.1, 0.15) is 0 Å². The fourth-order valence-corrected chi connectivity index (χ4v) is 3.44. The first-order valence-corrected chi connectivity index (χ1v) is 7.37. The molecule has 0 aromatic heterocycles. The molecule has 20 heavy (non-hydrogen) atoms. The second-order valence-electron chi connectivity index (χ2n) is 4.46. The second-order valence-corrected chi connectivity index (χ2v) is 6.11. The van der Waals surface area contributed by atoms with E-state index in [1.165, 1.54) is 0 Å². The molecule has 1 aromatic carbocycles. The number of rotatable bonds is 3. The topological polar surface area (TPSA) is 58.2 Å². The van der Waals surface area contributed by atoms with Crippen molar-refractivity contribution in [2.45, 2.75) is 23.8 Å². The summed E-state index contributed by atoms with van der Waals surface area (Å²) in [6.07, 6.45) is 1.14. The van der Waals surface area contributed by atoms with Gasteiger partial charge in [-0.3, -0.25) is 0 Å². The first-order valence-electron chi connectivity index (χ1n) is 5.89. The van der Waals surface area contributed by atoms with E-state index < -0.39 is 44.2 Å². The summed E-state index contributed by atoms with van der Waals surface area (Å²) in [5, 5.41) is 2.90. The highest BCUT2D eigenvalue weighted by atomic mass is 32.2. The van der Waals surface area contributed by atoms with E-state index in [0.717, 1.165) is 0 Å². The summed E-state index contributed by atoms with van der Waals surface area (Å²) >= 11 is 0. The molecule has 0 saturated carbocycles. The number of nitrogens with one attached hydrogen (secondary N) is 2. The van der Waals surface area contributed by atoms with Crippen LogP contribution in [0.1, 0.15) is 12.8 Å². The fraction of sp³-hybridized carbons (Fsp3) is 0.455. The van der Waals surface area contributed by atoms with E-state index in [0.29, 0.717) is 19.4 Å². The highest BCUT2D eigenvalue weighted by Gasteiger charge is 2.31. The van der Waals surface area contributed by atoms with Gasteiger partial charge >= 0.3 is 0 Å². The summed E-state index contributed by atoms with van der Waals surface area (Å²) in [5.74, 6) is -7.38. The predicted octanol–water partition coefficient (Wildman–Crippen LogP) is 1.27. The van der Waals surface area contributed by atoms with Crippen molar-refractivity contribution < 1.29 is 26.0 Å². The van der Waals surface area contributed by atoms with Gasteiger partial charge in [0.05, 0.1) is 0 Å². The Bertz CT molecular complexity index is 589. The Kier molecular flexibility index (Phi) is 4.31. The Balaban J connectivity index is 2.38. The molecule has 1 atom stereocenters. The van der Waals surface area contributed by atoms with E-state index >= 15 is 0 Å². The Labute approximate surface area is 113 Å². The summed E-state index contributed by atoms with van der Waals surface area (Å²) in [6, 6.07) is -0.620. The van der Waals surface area contributed by atoms with Crippen molar-refractivity contribution >= 4 is 10.0 Å². The highest BCUT2D eigenvalue weighted by molar-refractivity contribution is 7.89. The van der Waals surface area contributed by atoms with Gasteiger partial charge in [0.25, 0.3) is 0 Å². The van der Waals surface area contributed by atoms with E-state index in [-0.39, 0.29) is 12.6 Å². The average Bonchev–Trinajstić information content (AvgIpc) is 2.37. The smallest absolute Gasteiger partial charge is 0.246 e. The van der Waals surface area contributed by atoms with Gasteiger partial charge in [0.2, 0.25) is 10.0 Å². The molecule has 1 heterocycles. The van der Waals surface area contributed by atoms with Gasteiger partial charge in [-0.25, -0.2) is 30.7 Å². The third-order valence-electron chi connectivity index (χ3n) is 2.96. The van der Waals surface area contributed by atoms with Crippen LogP contribution in [-0.2, 0) is 10.0 Å². The maximum atomic E-state index is 13.5. The highest BCUT2D eigenvalue weighted by Crippen LogP contribution is 2.24. The number of piperidine rings is 1. The van der Waals surface area contributed by atoms with Gasteiger partial charge in [0, 0.05) is 18.7 Å². The Hall–Kier alpha value is -1.19. The molecule has 1 saturated heterocycles. The molecule has 0 spiro atoms. The van der Waals surface area contributed by atoms with Gasteiger partial charge in [-0.2, -0.15) is 0 Å². The Morgan fingerprint density at radius 1 is 1.15 bits per heavy atom. The zero-order valence-corrected chi connectivity index (χ0v) is 11.0. The minimum Gasteiger partial charge on any atom is -0.315 e. The normalized spacial score (nSPS) is 20.1. The van der Waals surface area contributed by atoms with Crippen LogP contribution in [0.5, 0.6) is 0 Å². The standard InChI is InChI=1S/C11H12F4N2O2S/c12-7-4-8(13)10(15)11(9(7)14)20(18,19)17-6-2-1-3-16-5-6/h4,6,16-17H,1-3,5H2/t6-/m0/s1. The van der Waals surface area contributed by atoms with Crippen molar-refractivity contribution in [2.24, 2.45) is 0 Å². The van der Waals surface area contributed by atoms with Crippen molar-refractivity contribution in [2.75, 3.05) is 13.1 Å². The lowest BCUT2D eigenvalue weighted by Crippen LogP contribution is -2.45. The molecule has 2 rings (SSSR count). The van der Waals surface area contributed by atoms with Crippen LogP contribution in [0.3, 0.4) is 0 Å². The number of benzene rings is 1. The largest absolute Gasteiger partial charge is 0.315 e. The Morgan fingerprint density at radius 2 is 1.75 bits per heavy atom.